The number of benzene rings is 2. The molecule has 1 amide bonds. The number of carbonyl (C=O) groups excluding carboxylic acids is 1. The molecular weight excluding hydrogens is 266 g/mol. The lowest BCUT2D eigenvalue weighted by molar-refractivity contribution is -0.120. The van der Waals surface area contributed by atoms with Gasteiger partial charge in [0.25, 0.3) is 5.91 Å². The fourth-order valence-corrected chi connectivity index (χ4v) is 1.71. The van der Waals surface area contributed by atoms with Crippen molar-refractivity contribution in [3.63, 3.8) is 0 Å². The van der Waals surface area contributed by atoms with Crippen molar-refractivity contribution in [2.24, 2.45) is 0 Å². The molecule has 0 spiro atoms. The number of anilines is 2. The van der Waals surface area contributed by atoms with E-state index in [-0.39, 0.29) is 12.5 Å². The smallest absolute Gasteiger partial charge is 0.264 e. The molecule has 0 heterocycles. The van der Waals surface area contributed by atoms with Gasteiger partial charge in [-0.05, 0) is 48.5 Å². The lowest BCUT2D eigenvalue weighted by Gasteiger charge is -2.17. The Balaban J connectivity index is 1.95. The lowest BCUT2D eigenvalue weighted by Crippen LogP contribution is -2.31. The number of likely N-dealkylation sites (N-methyl/N-ethyl adjacent to an activating group) is 1. The van der Waals surface area contributed by atoms with Crippen molar-refractivity contribution in [2.75, 3.05) is 24.3 Å². The van der Waals surface area contributed by atoms with Crippen LogP contribution in [0.15, 0.2) is 48.5 Å². The quantitative estimate of drug-likeness (QED) is 0.871. The van der Waals surface area contributed by atoms with E-state index in [9.17, 15) is 4.79 Å². The molecule has 0 saturated heterocycles. The van der Waals surface area contributed by atoms with Crippen LogP contribution in [0.2, 0.25) is 0 Å². The third kappa shape index (κ3) is 3.74. The SMILES string of the molecule is CN(C(=O)COc1ccc(N)cc1)c1ccc(C#N)cc1. The summed E-state index contributed by atoms with van der Waals surface area (Å²) in [4.78, 5) is 13.5. The molecule has 2 aromatic carbocycles. The van der Waals surface area contributed by atoms with Crippen molar-refractivity contribution in [3.05, 3.63) is 54.1 Å². The number of hydrogen-bond donors (Lipinski definition) is 1. The van der Waals surface area contributed by atoms with Crippen LogP contribution in [0, 0.1) is 11.3 Å². The van der Waals surface area contributed by atoms with Crippen LogP contribution in [0.5, 0.6) is 5.75 Å². The number of nitrogen functional groups attached to an aromatic ring is 1. The third-order valence-corrected chi connectivity index (χ3v) is 3.00. The molecule has 106 valence electrons. The molecule has 5 heteroatoms. The van der Waals surface area contributed by atoms with Crippen LogP contribution in [-0.4, -0.2) is 19.6 Å². The van der Waals surface area contributed by atoms with Gasteiger partial charge in [0.2, 0.25) is 0 Å². The predicted octanol–water partition coefficient (Wildman–Crippen LogP) is 2.18. The maximum Gasteiger partial charge on any atom is 0.264 e. The highest BCUT2D eigenvalue weighted by Gasteiger charge is 2.11. The highest BCUT2D eigenvalue weighted by atomic mass is 16.5. The Morgan fingerprint density at radius 2 is 1.81 bits per heavy atom. The number of nitriles is 1. The second kappa shape index (κ2) is 6.44. The van der Waals surface area contributed by atoms with Gasteiger partial charge >= 0.3 is 0 Å². The average molecular weight is 281 g/mol. The topological polar surface area (TPSA) is 79.3 Å². The summed E-state index contributed by atoms with van der Waals surface area (Å²) in [6, 6.07) is 15.7. The first-order valence-electron chi connectivity index (χ1n) is 6.35. The predicted molar refractivity (Wildman–Crippen MR) is 80.9 cm³/mol. The zero-order valence-corrected chi connectivity index (χ0v) is 11.6. The second-order valence-electron chi connectivity index (χ2n) is 4.47. The molecule has 0 aromatic heterocycles. The van der Waals surface area contributed by atoms with E-state index in [2.05, 4.69) is 0 Å². The monoisotopic (exact) mass is 281 g/mol. The largest absolute Gasteiger partial charge is 0.484 e. The molecule has 0 aliphatic heterocycles. The summed E-state index contributed by atoms with van der Waals surface area (Å²) in [5.41, 5.74) is 7.48. The zero-order valence-electron chi connectivity index (χ0n) is 11.6. The second-order valence-corrected chi connectivity index (χ2v) is 4.47. The number of carbonyl (C=O) groups is 1. The zero-order chi connectivity index (χ0) is 15.2. The number of nitrogens with two attached hydrogens (primary N) is 1. The number of hydrogen-bond acceptors (Lipinski definition) is 4. The minimum Gasteiger partial charge on any atom is -0.484 e. The molecule has 0 aliphatic rings. The highest BCUT2D eigenvalue weighted by Crippen LogP contribution is 2.15. The van der Waals surface area contributed by atoms with Gasteiger partial charge in [-0.15, -0.1) is 0 Å². The number of nitrogens with zero attached hydrogens (tertiary/aromatic N) is 2. The standard InChI is InChI=1S/C16H15N3O2/c1-19(14-6-2-12(10-17)3-7-14)16(20)11-21-15-8-4-13(18)5-9-15/h2-9H,11,18H2,1H3. The van der Waals surface area contributed by atoms with Crippen LogP contribution < -0.4 is 15.4 Å². The number of rotatable bonds is 4. The Morgan fingerprint density at radius 3 is 2.38 bits per heavy atom. The van der Waals surface area contributed by atoms with Crippen molar-refractivity contribution < 1.29 is 9.53 Å². The van der Waals surface area contributed by atoms with Gasteiger partial charge in [0, 0.05) is 18.4 Å². The molecule has 5 nitrogen and oxygen atoms in total. The van der Waals surface area contributed by atoms with Gasteiger partial charge in [-0.25, -0.2) is 0 Å². The first-order chi connectivity index (χ1) is 10.1. The Labute approximate surface area is 123 Å². The highest BCUT2D eigenvalue weighted by molar-refractivity contribution is 5.93. The number of amides is 1. The molecule has 21 heavy (non-hydrogen) atoms. The molecule has 0 radical (unpaired) electrons. The van der Waals surface area contributed by atoms with Crippen LogP contribution in [0.25, 0.3) is 0 Å². The molecule has 0 fully saturated rings. The van der Waals surface area contributed by atoms with Gasteiger partial charge in [-0.3, -0.25) is 4.79 Å². The summed E-state index contributed by atoms with van der Waals surface area (Å²) in [5.74, 6) is 0.405. The molecule has 0 atom stereocenters. The molecule has 2 aromatic rings. The normalized spacial score (nSPS) is 9.71. The third-order valence-electron chi connectivity index (χ3n) is 3.00. The first kappa shape index (κ1) is 14.4. The van der Waals surface area contributed by atoms with Crippen molar-refractivity contribution in [2.45, 2.75) is 0 Å². The van der Waals surface area contributed by atoms with Crippen LogP contribution in [-0.2, 0) is 4.79 Å². The minimum atomic E-state index is -0.184. The van der Waals surface area contributed by atoms with Crippen molar-refractivity contribution in [1.82, 2.24) is 0 Å². The molecule has 0 unspecified atom stereocenters. The molecule has 0 bridgehead atoms. The summed E-state index contributed by atoms with van der Waals surface area (Å²) in [7, 11) is 1.66. The van der Waals surface area contributed by atoms with Gasteiger partial charge < -0.3 is 15.4 Å². The minimum absolute atomic E-state index is 0.0690. The van der Waals surface area contributed by atoms with E-state index in [1.807, 2.05) is 6.07 Å². The van der Waals surface area contributed by atoms with Crippen molar-refractivity contribution in [3.8, 4) is 11.8 Å². The summed E-state index contributed by atoms with van der Waals surface area (Å²) in [6.45, 7) is -0.0690. The van der Waals surface area contributed by atoms with Crippen LogP contribution in [0.1, 0.15) is 5.56 Å². The Kier molecular flexibility index (Phi) is 4.42. The van der Waals surface area contributed by atoms with Crippen LogP contribution >= 0.6 is 0 Å². The summed E-state index contributed by atoms with van der Waals surface area (Å²) in [6.07, 6.45) is 0. The lowest BCUT2D eigenvalue weighted by atomic mass is 10.2. The summed E-state index contributed by atoms with van der Waals surface area (Å²) >= 11 is 0. The number of ether oxygens (including phenoxy) is 1. The molecular formula is C16H15N3O2. The van der Waals surface area contributed by atoms with E-state index in [0.717, 1.165) is 0 Å². The Bertz CT molecular complexity index is 657. The summed E-state index contributed by atoms with van der Waals surface area (Å²) < 4.78 is 5.41. The fourth-order valence-electron chi connectivity index (χ4n) is 1.71. The molecule has 0 aliphatic carbocycles. The molecule has 2 N–H and O–H groups in total. The van der Waals surface area contributed by atoms with Gasteiger partial charge in [0.15, 0.2) is 6.61 Å². The Morgan fingerprint density at radius 1 is 1.19 bits per heavy atom. The van der Waals surface area contributed by atoms with Crippen molar-refractivity contribution >= 4 is 17.3 Å². The molecule has 0 saturated carbocycles. The van der Waals surface area contributed by atoms with E-state index >= 15 is 0 Å². The van der Waals surface area contributed by atoms with E-state index in [1.165, 1.54) is 4.90 Å². The fraction of sp³-hybridized carbons (Fsp3) is 0.125. The first-order valence-corrected chi connectivity index (χ1v) is 6.35. The van der Waals surface area contributed by atoms with E-state index in [4.69, 9.17) is 15.7 Å². The summed E-state index contributed by atoms with van der Waals surface area (Å²) in [5, 5.41) is 8.75. The molecule has 2 rings (SSSR count). The van der Waals surface area contributed by atoms with E-state index in [1.54, 1.807) is 55.6 Å². The average Bonchev–Trinajstić information content (AvgIpc) is 2.53. The maximum atomic E-state index is 12.0. The van der Waals surface area contributed by atoms with Gasteiger partial charge in [0.05, 0.1) is 11.6 Å². The Hall–Kier alpha value is -3.00. The van der Waals surface area contributed by atoms with Crippen LogP contribution in [0.4, 0.5) is 11.4 Å². The van der Waals surface area contributed by atoms with Crippen molar-refractivity contribution in [1.29, 1.82) is 5.26 Å². The van der Waals surface area contributed by atoms with Crippen LogP contribution in [0.3, 0.4) is 0 Å². The van der Waals surface area contributed by atoms with Gasteiger partial charge in [0.1, 0.15) is 5.75 Å². The maximum absolute atomic E-state index is 12.0. The van der Waals surface area contributed by atoms with E-state index < -0.39 is 0 Å². The van der Waals surface area contributed by atoms with Gasteiger partial charge in [-0.2, -0.15) is 5.26 Å². The van der Waals surface area contributed by atoms with E-state index in [0.29, 0.717) is 22.7 Å². The van der Waals surface area contributed by atoms with Gasteiger partial charge in [-0.1, -0.05) is 0 Å².